The van der Waals surface area contributed by atoms with Crippen LogP contribution in [0, 0.1) is 25.2 Å². The second-order valence-electron chi connectivity index (χ2n) is 5.73. The maximum absolute atomic E-state index is 9.27. The van der Waals surface area contributed by atoms with E-state index in [1.54, 1.807) is 11.3 Å². The third-order valence-electron chi connectivity index (χ3n) is 4.24. The lowest BCUT2D eigenvalue weighted by Crippen LogP contribution is -1.86. The molecule has 2 aromatic carbocycles. The Balaban J connectivity index is 2.14. The number of nitriles is 1. The van der Waals surface area contributed by atoms with Crippen molar-refractivity contribution in [1.29, 1.82) is 5.26 Å². The van der Waals surface area contributed by atoms with Gasteiger partial charge in [-0.05, 0) is 49.2 Å². The highest BCUT2D eigenvalue weighted by molar-refractivity contribution is 7.26. The van der Waals surface area contributed by atoms with Crippen LogP contribution < -0.4 is 0 Å². The number of aromatic nitrogens is 1. The summed E-state index contributed by atoms with van der Waals surface area (Å²) < 4.78 is 2.40. The first-order valence-corrected chi connectivity index (χ1v) is 8.28. The summed E-state index contributed by atoms with van der Waals surface area (Å²) >= 11 is 1.74. The molecule has 2 aromatic heterocycles. The lowest BCUT2D eigenvalue weighted by molar-refractivity contribution is 1.32. The van der Waals surface area contributed by atoms with Crippen LogP contribution in [0.2, 0.25) is 0 Å². The lowest BCUT2D eigenvalue weighted by atomic mass is 10.00. The minimum absolute atomic E-state index is 0.750. The standard InChI is InChI=1S/C20H14N2S/c1-12-6-7-15-16-9-13(2)14(11-21)10-18(16)23-20(15)19(12)17-5-3-4-8-22-17/h3-10H,1-2H3. The Morgan fingerprint density at radius 3 is 2.61 bits per heavy atom. The molecule has 0 spiro atoms. The number of nitrogens with zero attached hydrogens (tertiary/aromatic N) is 2. The second kappa shape index (κ2) is 5.19. The zero-order chi connectivity index (χ0) is 16.0. The van der Waals surface area contributed by atoms with E-state index in [9.17, 15) is 5.26 Å². The molecule has 0 unspecified atom stereocenters. The first-order chi connectivity index (χ1) is 11.2. The minimum Gasteiger partial charge on any atom is -0.256 e. The van der Waals surface area contributed by atoms with Gasteiger partial charge in [0.1, 0.15) is 0 Å². The summed E-state index contributed by atoms with van der Waals surface area (Å²) in [6.45, 7) is 4.12. The number of pyridine rings is 1. The SMILES string of the molecule is Cc1cc2c(cc1C#N)sc1c(-c3ccccn3)c(C)ccc12. The van der Waals surface area contributed by atoms with E-state index in [1.165, 1.54) is 26.6 Å². The van der Waals surface area contributed by atoms with Gasteiger partial charge in [0.25, 0.3) is 0 Å². The normalized spacial score (nSPS) is 11.0. The Morgan fingerprint density at radius 1 is 1.00 bits per heavy atom. The molecular formula is C20H14N2S. The molecule has 4 rings (SSSR count). The maximum Gasteiger partial charge on any atom is 0.0994 e. The number of hydrogen-bond donors (Lipinski definition) is 0. The smallest absolute Gasteiger partial charge is 0.0994 e. The summed E-state index contributed by atoms with van der Waals surface area (Å²) in [5.41, 5.74) is 5.19. The third-order valence-corrected chi connectivity index (χ3v) is 5.42. The summed E-state index contributed by atoms with van der Waals surface area (Å²) in [6, 6.07) is 16.8. The number of thiophene rings is 1. The van der Waals surface area contributed by atoms with E-state index in [2.05, 4.69) is 42.2 Å². The predicted octanol–water partition coefficient (Wildman–Crippen LogP) is 5.61. The molecule has 2 heterocycles. The zero-order valence-electron chi connectivity index (χ0n) is 12.9. The topological polar surface area (TPSA) is 36.7 Å². The molecule has 0 saturated heterocycles. The molecule has 0 aliphatic carbocycles. The minimum atomic E-state index is 0.750. The number of hydrogen-bond acceptors (Lipinski definition) is 3. The Kier molecular flexibility index (Phi) is 3.14. The summed E-state index contributed by atoms with van der Waals surface area (Å²) in [6.07, 6.45) is 1.83. The molecule has 0 N–H and O–H groups in total. The summed E-state index contributed by atoms with van der Waals surface area (Å²) in [5, 5.41) is 11.7. The van der Waals surface area contributed by atoms with Gasteiger partial charge in [0.2, 0.25) is 0 Å². The Labute approximate surface area is 138 Å². The third kappa shape index (κ3) is 2.11. The molecular weight excluding hydrogens is 300 g/mol. The van der Waals surface area contributed by atoms with Crippen molar-refractivity contribution in [2.45, 2.75) is 13.8 Å². The maximum atomic E-state index is 9.27. The van der Waals surface area contributed by atoms with Crippen molar-refractivity contribution in [2.24, 2.45) is 0 Å². The Hall–Kier alpha value is -2.70. The Morgan fingerprint density at radius 2 is 1.87 bits per heavy atom. The summed E-state index contributed by atoms with van der Waals surface area (Å²) in [5.74, 6) is 0. The van der Waals surface area contributed by atoms with Crippen molar-refractivity contribution in [3.63, 3.8) is 0 Å². The quantitative estimate of drug-likeness (QED) is 0.458. The average Bonchev–Trinajstić information content (AvgIpc) is 2.92. The molecule has 0 amide bonds. The van der Waals surface area contributed by atoms with E-state index in [1.807, 2.05) is 31.3 Å². The van der Waals surface area contributed by atoms with Crippen molar-refractivity contribution in [3.05, 3.63) is 65.4 Å². The van der Waals surface area contributed by atoms with Crippen LogP contribution in [0.5, 0.6) is 0 Å². The van der Waals surface area contributed by atoms with Crippen molar-refractivity contribution < 1.29 is 0 Å². The van der Waals surface area contributed by atoms with Crippen molar-refractivity contribution in [1.82, 2.24) is 4.98 Å². The molecule has 0 aliphatic rings. The number of benzene rings is 2. The molecule has 0 bridgehead atoms. The van der Waals surface area contributed by atoms with E-state index in [4.69, 9.17) is 0 Å². The molecule has 0 atom stereocenters. The first kappa shape index (κ1) is 13.9. The fourth-order valence-corrected chi connectivity index (χ4v) is 4.37. The highest BCUT2D eigenvalue weighted by Crippen LogP contribution is 2.41. The molecule has 3 heteroatoms. The van der Waals surface area contributed by atoms with E-state index >= 15 is 0 Å². The molecule has 0 saturated carbocycles. The van der Waals surface area contributed by atoms with Gasteiger partial charge in [-0.3, -0.25) is 4.98 Å². The fourth-order valence-electron chi connectivity index (χ4n) is 3.04. The lowest BCUT2D eigenvalue weighted by Gasteiger charge is -2.06. The molecule has 110 valence electrons. The van der Waals surface area contributed by atoms with Gasteiger partial charge in [-0.2, -0.15) is 5.26 Å². The molecule has 0 fully saturated rings. The van der Waals surface area contributed by atoms with E-state index in [0.29, 0.717) is 0 Å². The van der Waals surface area contributed by atoms with Gasteiger partial charge in [-0.15, -0.1) is 11.3 Å². The van der Waals surface area contributed by atoms with E-state index < -0.39 is 0 Å². The fraction of sp³-hybridized carbons (Fsp3) is 0.100. The van der Waals surface area contributed by atoms with Crippen molar-refractivity contribution in [3.8, 4) is 17.3 Å². The van der Waals surface area contributed by atoms with Gasteiger partial charge in [-0.25, -0.2) is 0 Å². The van der Waals surface area contributed by atoms with Gasteiger partial charge in [0.15, 0.2) is 0 Å². The molecule has 2 nitrogen and oxygen atoms in total. The number of aryl methyl sites for hydroxylation is 2. The van der Waals surface area contributed by atoms with Crippen molar-refractivity contribution in [2.75, 3.05) is 0 Å². The van der Waals surface area contributed by atoms with Crippen LogP contribution in [0.4, 0.5) is 0 Å². The van der Waals surface area contributed by atoms with Gasteiger partial charge in [0.05, 0.1) is 17.3 Å². The highest BCUT2D eigenvalue weighted by atomic mass is 32.1. The molecule has 0 aliphatic heterocycles. The number of rotatable bonds is 1. The molecule has 4 aromatic rings. The van der Waals surface area contributed by atoms with Crippen LogP contribution in [0.15, 0.2) is 48.7 Å². The van der Waals surface area contributed by atoms with Crippen LogP contribution in [0.3, 0.4) is 0 Å². The second-order valence-corrected chi connectivity index (χ2v) is 6.78. The van der Waals surface area contributed by atoms with Crippen LogP contribution in [0.1, 0.15) is 16.7 Å². The monoisotopic (exact) mass is 314 g/mol. The average molecular weight is 314 g/mol. The van der Waals surface area contributed by atoms with E-state index in [-0.39, 0.29) is 0 Å². The first-order valence-electron chi connectivity index (χ1n) is 7.47. The largest absolute Gasteiger partial charge is 0.256 e. The van der Waals surface area contributed by atoms with Gasteiger partial charge >= 0.3 is 0 Å². The molecule has 0 radical (unpaired) electrons. The van der Waals surface area contributed by atoms with Crippen LogP contribution in [-0.2, 0) is 0 Å². The number of fused-ring (bicyclic) bond motifs is 3. The van der Waals surface area contributed by atoms with Gasteiger partial charge in [0, 0.05) is 31.9 Å². The zero-order valence-corrected chi connectivity index (χ0v) is 13.7. The van der Waals surface area contributed by atoms with Crippen LogP contribution in [-0.4, -0.2) is 4.98 Å². The summed E-state index contributed by atoms with van der Waals surface area (Å²) in [7, 11) is 0. The highest BCUT2D eigenvalue weighted by Gasteiger charge is 2.14. The van der Waals surface area contributed by atoms with Crippen molar-refractivity contribution >= 4 is 31.5 Å². The van der Waals surface area contributed by atoms with Crippen LogP contribution in [0.25, 0.3) is 31.4 Å². The van der Waals surface area contributed by atoms with Gasteiger partial charge < -0.3 is 0 Å². The Bertz CT molecular complexity index is 1090. The summed E-state index contributed by atoms with van der Waals surface area (Å²) in [4.78, 5) is 4.54. The predicted molar refractivity (Wildman–Crippen MR) is 96.8 cm³/mol. The molecule has 23 heavy (non-hydrogen) atoms. The van der Waals surface area contributed by atoms with E-state index in [0.717, 1.165) is 21.5 Å². The van der Waals surface area contributed by atoms with Crippen LogP contribution >= 0.6 is 11.3 Å². The van der Waals surface area contributed by atoms with Gasteiger partial charge in [-0.1, -0.05) is 18.2 Å².